The lowest BCUT2D eigenvalue weighted by Gasteiger charge is -2.38. The van der Waals surface area contributed by atoms with Crippen molar-refractivity contribution in [1.82, 2.24) is 16.0 Å². The van der Waals surface area contributed by atoms with Crippen LogP contribution in [0.3, 0.4) is 0 Å². The third kappa shape index (κ3) is 9.48. The number of phosphoric acid groups is 1. The second-order valence-corrected chi connectivity index (χ2v) is 9.95. The molecule has 2 atom stereocenters. The molecule has 5 amide bonds. The molecular weight excluding hydrogens is 509 g/mol. The average molecular weight is 539 g/mol. The minimum Gasteiger partial charge on any atom is -0.780 e. The number of rotatable bonds is 12. The van der Waals surface area contributed by atoms with Crippen LogP contribution in [0, 0.1) is 0 Å². The highest BCUT2D eigenvalue weighted by Crippen LogP contribution is 2.30. The van der Waals surface area contributed by atoms with Gasteiger partial charge in [0.1, 0.15) is 31.2 Å². The van der Waals surface area contributed by atoms with Crippen molar-refractivity contribution in [3.8, 4) is 5.75 Å². The van der Waals surface area contributed by atoms with E-state index >= 15 is 0 Å². The van der Waals surface area contributed by atoms with Crippen LogP contribution in [-0.4, -0.2) is 47.2 Å². The fraction of sp³-hybridized carbons (Fsp3) is 0.500. The summed E-state index contributed by atoms with van der Waals surface area (Å²) in [5.74, 6) is -3.92. The van der Waals surface area contributed by atoms with Crippen LogP contribution in [0.4, 0.5) is 0 Å². The Morgan fingerprint density at radius 3 is 2.08 bits per heavy atom. The zero-order valence-electron chi connectivity index (χ0n) is 20.2. The van der Waals surface area contributed by atoms with Gasteiger partial charge in [-0.05, 0) is 30.5 Å². The van der Waals surface area contributed by atoms with Crippen LogP contribution in [0.5, 0.6) is 5.75 Å². The summed E-state index contributed by atoms with van der Waals surface area (Å²) in [6.45, 7) is 1.21. The summed E-state index contributed by atoms with van der Waals surface area (Å²) in [6, 6.07) is 2.79. The number of amides is 5. The molecule has 1 fully saturated rings. The number of phosphoric ester groups is 1. The van der Waals surface area contributed by atoms with Gasteiger partial charge in [-0.25, -0.2) is 0 Å². The Kier molecular flexibility index (Phi) is 10.2. The summed E-state index contributed by atoms with van der Waals surface area (Å²) in [5, 5.41) is 7.65. The molecule has 0 radical (unpaired) electrons. The van der Waals surface area contributed by atoms with Gasteiger partial charge in [0, 0.05) is 13.3 Å². The Bertz CT molecular complexity index is 1070. The van der Waals surface area contributed by atoms with Gasteiger partial charge in [-0.3, -0.25) is 24.0 Å². The normalized spacial score (nSPS) is 16.5. The molecule has 1 saturated carbocycles. The Balaban J connectivity index is 2.23. The molecule has 0 saturated heterocycles. The topological polar surface area (TPSA) is 246 Å². The van der Waals surface area contributed by atoms with Crippen LogP contribution in [0.1, 0.15) is 51.0 Å². The van der Waals surface area contributed by atoms with Crippen molar-refractivity contribution < 1.29 is 42.8 Å². The molecule has 1 aromatic carbocycles. The number of nitrogens with two attached hydrogens (primary N) is 2. The van der Waals surface area contributed by atoms with E-state index in [1.54, 1.807) is 0 Å². The number of nitrogens with one attached hydrogen (secondary N) is 3. The summed E-state index contributed by atoms with van der Waals surface area (Å²) < 4.78 is 15.0. The van der Waals surface area contributed by atoms with Crippen LogP contribution in [0.15, 0.2) is 24.3 Å². The number of hydrogen-bond donors (Lipinski definition) is 5. The van der Waals surface area contributed by atoms with Crippen LogP contribution in [0.25, 0.3) is 0 Å². The van der Waals surface area contributed by atoms with Crippen LogP contribution in [0.2, 0.25) is 0 Å². The van der Waals surface area contributed by atoms with Crippen LogP contribution >= 0.6 is 7.82 Å². The fourth-order valence-electron chi connectivity index (χ4n) is 4.11. The van der Waals surface area contributed by atoms with Gasteiger partial charge in [-0.2, -0.15) is 0 Å². The molecule has 1 aromatic rings. The molecule has 2 rings (SSSR count). The van der Waals surface area contributed by atoms with Crippen molar-refractivity contribution in [1.29, 1.82) is 0 Å². The predicted molar refractivity (Wildman–Crippen MR) is 125 cm³/mol. The van der Waals surface area contributed by atoms with E-state index in [1.807, 2.05) is 0 Å². The van der Waals surface area contributed by atoms with E-state index in [-0.39, 0.29) is 25.0 Å². The van der Waals surface area contributed by atoms with Crippen molar-refractivity contribution in [3.63, 3.8) is 0 Å². The molecule has 0 spiro atoms. The first-order valence-corrected chi connectivity index (χ1v) is 12.9. The molecule has 204 valence electrons. The highest BCUT2D eigenvalue weighted by molar-refractivity contribution is 7.43. The maximum Gasteiger partial charge on any atom is 0.246 e. The third-order valence-corrected chi connectivity index (χ3v) is 6.27. The number of hydrogen-bond acceptors (Lipinski definition) is 9. The molecule has 0 bridgehead atoms. The van der Waals surface area contributed by atoms with E-state index in [0.29, 0.717) is 18.4 Å². The first-order valence-electron chi connectivity index (χ1n) is 11.5. The summed E-state index contributed by atoms with van der Waals surface area (Å²) in [7, 11) is -5.24. The minimum atomic E-state index is -5.24. The third-order valence-electron chi connectivity index (χ3n) is 5.83. The first kappa shape index (κ1) is 29.7. The van der Waals surface area contributed by atoms with Crippen LogP contribution < -0.4 is 41.7 Å². The quantitative estimate of drug-likeness (QED) is 0.177. The van der Waals surface area contributed by atoms with Crippen molar-refractivity contribution in [2.24, 2.45) is 11.5 Å². The lowest BCUT2D eigenvalue weighted by molar-refractivity contribution is -0.333. The second kappa shape index (κ2) is 12.7. The highest BCUT2D eigenvalue weighted by atomic mass is 31.2. The van der Waals surface area contributed by atoms with E-state index in [4.69, 9.17) is 11.5 Å². The van der Waals surface area contributed by atoms with E-state index in [2.05, 4.69) is 20.5 Å². The standard InChI is InChI=1S/C22H32N5O9P/c1-13(28)25-17(11-14-5-7-15(8-6-14)36-37(33,34)35)20(31)27-22(9-3-2-4-10-22)21(32)26-16(19(24)30)12-18(23)29/h5-8,16-17H,2-4,9-12H2,1H3,(H2,23,29)(H2,24,30)(H,25,28)(H,26,32)(H,27,31)(H2,33,34,35)/p-2/t16-,17-/m0/s1. The monoisotopic (exact) mass is 539 g/mol. The van der Waals surface area contributed by atoms with E-state index in [0.717, 1.165) is 6.42 Å². The number of primary amides is 2. The van der Waals surface area contributed by atoms with E-state index < -0.39 is 61.4 Å². The molecule has 0 aromatic heterocycles. The summed E-state index contributed by atoms with van der Waals surface area (Å²) >= 11 is 0. The van der Waals surface area contributed by atoms with Gasteiger partial charge in [0.05, 0.1) is 6.42 Å². The SMILES string of the molecule is CC(=O)N[C@@H](Cc1ccc(OP(=O)([O-])[O-])cc1)C(=O)NC1(C(=O)N[C@@H](CC(N)=O)C(N)=O)CCCCC1. The lowest BCUT2D eigenvalue weighted by atomic mass is 9.80. The van der Waals surface area contributed by atoms with E-state index in [1.165, 1.54) is 31.2 Å². The minimum absolute atomic E-state index is 0.0403. The number of carbonyl (C=O) groups excluding carboxylic acids is 5. The summed E-state index contributed by atoms with van der Waals surface area (Å²) in [5.41, 5.74) is 9.50. The summed E-state index contributed by atoms with van der Waals surface area (Å²) in [6.07, 6.45) is 1.95. The molecule has 1 aliphatic carbocycles. The Morgan fingerprint density at radius 1 is 1.00 bits per heavy atom. The molecular formula is C22H30N5O9P-2. The van der Waals surface area contributed by atoms with Gasteiger partial charge < -0.3 is 46.3 Å². The Morgan fingerprint density at radius 2 is 1.59 bits per heavy atom. The van der Waals surface area contributed by atoms with Crippen molar-refractivity contribution in [3.05, 3.63) is 29.8 Å². The van der Waals surface area contributed by atoms with Crippen molar-refractivity contribution in [2.45, 2.75) is 69.5 Å². The highest BCUT2D eigenvalue weighted by Gasteiger charge is 2.43. The van der Waals surface area contributed by atoms with E-state index in [9.17, 15) is 38.3 Å². The zero-order valence-corrected chi connectivity index (χ0v) is 21.1. The van der Waals surface area contributed by atoms with Gasteiger partial charge in [0.15, 0.2) is 0 Å². The predicted octanol–water partition coefficient (Wildman–Crippen LogP) is -2.39. The van der Waals surface area contributed by atoms with Crippen LogP contribution in [-0.2, 0) is 35.0 Å². The lowest BCUT2D eigenvalue weighted by Crippen LogP contribution is -2.65. The average Bonchev–Trinajstić information content (AvgIpc) is 2.78. The molecule has 37 heavy (non-hydrogen) atoms. The van der Waals surface area contributed by atoms with Crippen molar-refractivity contribution in [2.75, 3.05) is 0 Å². The van der Waals surface area contributed by atoms with Gasteiger partial charge >= 0.3 is 0 Å². The molecule has 0 unspecified atom stereocenters. The van der Waals surface area contributed by atoms with Crippen molar-refractivity contribution >= 4 is 37.4 Å². The van der Waals surface area contributed by atoms with Gasteiger partial charge in [-0.15, -0.1) is 0 Å². The Hall–Kier alpha value is -3.48. The molecule has 0 aliphatic heterocycles. The molecule has 14 nitrogen and oxygen atoms in total. The Labute approximate surface area is 213 Å². The summed E-state index contributed by atoms with van der Waals surface area (Å²) in [4.78, 5) is 82.9. The first-order chi connectivity index (χ1) is 17.2. The maximum absolute atomic E-state index is 13.3. The van der Waals surface area contributed by atoms with Gasteiger partial charge in [-0.1, -0.05) is 31.4 Å². The zero-order chi connectivity index (χ0) is 27.8. The van der Waals surface area contributed by atoms with Gasteiger partial charge in [0.25, 0.3) is 0 Å². The fourth-order valence-corrected chi connectivity index (χ4v) is 4.49. The smallest absolute Gasteiger partial charge is 0.246 e. The molecule has 0 heterocycles. The molecule has 15 heteroatoms. The second-order valence-electron chi connectivity index (χ2n) is 8.87. The number of carbonyl (C=O) groups is 5. The maximum atomic E-state index is 13.3. The number of benzene rings is 1. The molecule has 7 N–H and O–H groups in total. The molecule has 1 aliphatic rings. The van der Waals surface area contributed by atoms with Gasteiger partial charge in [0.2, 0.25) is 29.5 Å². The largest absolute Gasteiger partial charge is 0.780 e.